The molecule has 0 radical (unpaired) electrons. The fourth-order valence-corrected chi connectivity index (χ4v) is 2.82. The van der Waals surface area contributed by atoms with Crippen LogP contribution < -0.4 is 16.4 Å². The molecule has 1 heterocycles. The van der Waals surface area contributed by atoms with Crippen LogP contribution >= 0.6 is 11.6 Å². The van der Waals surface area contributed by atoms with Crippen molar-refractivity contribution in [1.29, 1.82) is 0 Å². The predicted octanol–water partition coefficient (Wildman–Crippen LogP) is 4.11. The van der Waals surface area contributed by atoms with Crippen LogP contribution in [0.1, 0.15) is 11.1 Å². The molecule has 0 bridgehead atoms. The van der Waals surface area contributed by atoms with Gasteiger partial charge in [-0.15, -0.1) is 0 Å². The number of rotatable bonds is 5. The minimum Gasteiger partial charge on any atom is -0.394 e. The van der Waals surface area contributed by atoms with Gasteiger partial charge >= 0.3 is 0 Å². The van der Waals surface area contributed by atoms with Gasteiger partial charge in [0.05, 0.1) is 11.4 Å². The first-order valence-electron chi connectivity index (χ1n) is 7.68. The van der Waals surface area contributed by atoms with Gasteiger partial charge in [0.2, 0.25) is 0 Å². The Morgan fingerprint density at radius 3 is 1.83 bits per heavy atom. The number of nitrogen functional groups attached to an aromatic ring is 2. The zero-order chi connectivity index (χ0) is 16.9. The van der Waals surface area contributed by atoms with Crippen LogP contribution in [0.25, 0.3) is 0 Å². The molecule has 2 aromatic carbocycles. The summed E-state index contributed by atoms with van der Waals surface area (Å²) in [4.78, 5) is 6.18. The first-order valence-corrected chi connectivity index (χ1v) is 8.05. The Balaban J connectivity index is 1.98. The molecular weight excluding hydrogens is 320 g/mol. The van der Waals surface area contributed by atoms with Crippen molar-refractivity contribution in [2.45, 2.75) is 13.1 Å². The second-order valence-corrected chi connectivity index (χ2v) is 5.98. The Morgan fingerprint density at radius 1 is 0.833 bits per heavy atom. The quantitative estimate of drug-likeness (QED) is 0.687. The third-order valence-electron chi connectivity index (χ3n) is 3.81. The van der Waals surface area contributed by atoms with Gasteiger partial charge in [-0.2, -0.15) is 0 Å². The van der Waals surface area contributed by atoms with Crippen molar-refractivity contribution in [3.8, 4) is 0 Å². The molecule has 0 aliphatic heterocycles. The molecular formula is C19H19ClN4. The molecule has 0 saturated carbocycles. The smallest absolute Gasteiger partial charge is 0.150 e. The van der Waals surface area contributed by atoms with Crippen molar-refractivity contribution < 1.29 is 0 Å². The van der Waals surface area contributed by atoms with E-state index < -0.39 is 0 Å². The lowest BCUT2D eigenvalue weighted by Crippen LogP contribution is -2.23. The van der Waals surface area contributed by atoms with E-state index in [4.69, 9.17) is 23.1 Å². The van der Waals surface area contributed by atoms with Crippen molar-refractivity contribution in [1.82, 2.24) is 4.98 Å². The Bertz CT molecular complexity index is 765. The first-order chi connectivity index (χ1) is 11.6. The van der Waals surface area contributed by atoms with E-state index in [0.717, 1.165) is 5.69 Å². The molecule has 3 rings (SSSR count). The minimum absolute atomic E-state index is 0.253. The normalized spacial score (nSPS) is 10.5. The number of hydrogen-bond donors (Lipinski definition) is 2. The average Bonchev–Trinajstić information content (AvgIpc) is 2.59. The van der Waals surface area contributed by atoms with Gasteiger partial charge in [-0.05, 0) is 11.1 Å². The van der Waals surface area contributed by atoms with Crippen LogP contribution in [0, 0.1) is 0 Å². The number of nitrogens with two attached hydrogens (primary N) is 2. The van der Waals surface area contributed by atoms with Crippen LogP contribution in [0.3, 0.4) is 0 Å². The lowest BCUT2D eigenvalue weighted by atomic mass is 10.1. The van der Waals surface area contributed by atoms with Gasteiger partial charge in [0.15, 0.2) is 5.82 Å². The molecule has 3 aromatic rings. The molecule has 24 heavy (non-hydrogen) atoms. The Morgan fingerprint density at radius 2 is 1.33 bits per heavy atom. The molecule has 0 unspecified atom stereocenters. The molecule has 5 heteroatoms. The molecule has 4 nitrogen and oxygen atoms in total. The summed E-state index contributed by atoms with van der Waals surface area (Å²) in [5.41, 5.74) is 15.7. The topological polar surface area (TPSA) is 68.2 Å². The summed E-state index contributed by atoms with van der Waals surface area (Å²) in [7, 11) is 0. The molecule has 0 amide bonds. The number of pyridine rings is 1. The van der Waals surface area contributed by atoms with E-state index >= 15 is 0 Å². The summed E-state index contributed by atoms with van der Waals surface area (Å²) in [6.07, 6.45) is 0. The molecule has 0 fully saturated rings. The van der Waals surface area contributed by atoms with E-state index in [9.17, 15) is 0 Å². The predicted molar refractivity (Wildman–Crippen MR) is 101 cm³/mol. The van der Waals surface area contributed by atoms with Crippen LogP contribution in [-0.4, -0.2) is 4.98 Å². The van der Waals surface area contributed by atoms with E-state index in [1.807, 2.05) is 36.4 Å². The number of anilines is 3. The summed E-state index contributed by atoms with van der Waals surface area (Å²) in [5, 5.41) is 0.336. The second-order valence-electron chi connectivity index (χ2n) is 5.59. The molecule has 4 N–H and O–H groups in total. The van der Waals surface area contributed by atoms with Gasteiger partial charge in [0.1, 0.15) is 5.15 Å². The maximum Gasteiger partial charge on any atom is 0.150 e. The lowest BCUT2D eigenvalue weighted by molar-refractivity contribution is 0.800. The third kappa shape index (κ3) is 3.78. The van der Waals surface area contributed by atoms with Crippen molar-refractivity contribution >= 4 is 28.8 Å². The van der Waals surface area contributed by atoms with Gasteiger partial charge in [0, 0.05) is 19.2 Å². The van der Waals surface area contributed by atoms with Gasteiger partial charge in [-0.25, -0.2) is 4.98 Å². The van der Waals surface area contributed by atoms with E-state index in [1.54, 1.807) is 6.07 Å². The van der Waals surface area contributed by atoms with E-state index in [1.165, 1.54) is 11.1 Å². The fraction of sp³-hybridized carbons (Fsp3) is 0.105. The number of aromatic nitrogens is 1. The van der Waals surface area contributed by atoms with Crippen LogP contribution in [0.5, 0.6) is 0 Å². The summed E-state index contributed by atoms with van der Waals surface area (Å²) >= 11 is 6.10. The Kier molecular flexibility index (Phi) is 4.87. The average molecular weight is 339 g/mol. The van der Waals surface area contributed by atoms with Crippen LogP contribution in [0.15, 0.2) is 66.7 Å². The highest BCUT2D eigenvalue weighted by atomic mass is 35.5. The summed E-state index contributed by atoms with van der Waals surface area (Å²) in [6.45, 7) is 1.39. The van der Waals surface area contributed by atoms with E-state index in [2.05, 4.69) is 34.1 Å². The van der Waals surface area contributed by atoms with Gasteiger partial charge in [-0.1, -0.05) is 72.3 Å². The van der Waals surface area contributed by atoms with Crippen LogP contribution in [0.4, 0.5) is 17.2 Å². The first kappa shape index (κ1) is 16.1. The highest BCUT2D eigenvalue weighted by Gasteiger charge is 2.15. The highest BCUT2D eigenvalue weighted by Crippen LogP contribution is 2.32. The van der Waals surface area contributed by atoms with Crippen molar-refractivity contribution in [2.24, 2.45) is 0 Å². The monoisotopic (exact) mass is 338 g/mol. The van der Waals surface area contributed by atoms with Gasteiger partial charge < -0.3 is 16.4 Å². The zero-order valence-electron chi connectivity index (χ0n) is 13.2. The highest BCUT2D eigenvalue weighted by molar-refractivity contribution is 6.30. The third-order valence-corrected chi connectivity index (χ3v) is 4.00. The maximum absolute atomic E-state index is 6.17. The second kappa shape index (κ2) is 7.23. The molecule has 0 spiro atoms. The number of hydrogen-bond acceptors (Lipinski definition) is 4. The standard InChI is InChI=1S/C19H19ClN4/c20-17-11-16(18(21)19(22)23-17)24(12-14-7-3-1-4-8-14)13-15-9-5-2-6-10-15/h1-11H,12-13,21H2,(H2,22,23). The van der Waals surface area contributed by atoms with Crippen molar-refractivity contribution in [3.05, 3.63) is 83.0 Å². The summed E-state index contributed by atoms with van der Waals surface area (Å²) < 4.78 is 0. The summed E-state index contributed by atoms with van der Waals surface area (Å²) in [5.74, 6) is 0.253. The van der Waals surface area contributed by atoms with Crippen LogP contribution in [0.2, 0.25) is 5.15 Å². The van der Waals surface area contributed by atoms with Crippen molar-refractivity contribution in [2.75, 3.05) is 16.4 Å². The molecule has 1 aromatic heterocycles. The molecule has 0 aliphatic rings. The van der Waals surface area contributed by atoms with Crippen LogP contribution in [-0.2, 0) is 13.1 Å². The van der Waals surface area contributed by atoms with E-state index in [-0.39, 0.29) is 5.82 Å². The summed E-state index contributed by atoms with van der Waals surface area (Å²) in [6, 6.07) is 22.2. The molecule has 0 saturated heterocycles. The lowest BCUT2D eigenvalue weighted by Gasteiger charge is -2.27. The zero-order valence-corrected chi connectivity index (χ0v) is 13.9. The number of benzene rings is 2. The van der Waals surface area contributed by atoms with Gasteiger partial charge in [-0.3, -0.25) is 0 Å². The maximum atomic E-state index is 6.17. The SMILES string of the molecule is Nc1nc(Cl)cc(N(Cc2ccccc2)Cc2ccccc2)c1N. The largest absolute Gasteiger partial charge is 0.394 e. The Labute approximate surface area is 146 Å². The number of halogens is 1. The molecule has 0 atom stereocenters. The fourth-order valence-electron chi connectivity index (χ4n) is 2.62. The minimum atomic E-state index is 0.253. The van der Waals surface area contributed by atoms with E-state index in [0.29, 0.717) is 23.9 Å². The molecule has 122 valence electrons. The Hall–Kier alpha value is -2.72. The number of nitrogens with zero attached hydrogens (tertiary/aromatic N) is 2. The van der Waals surface area contributed by atoms with Gasteiger partial charge in [0.25, 0.3) is 0 Å². The van der Waals surface area contributed by atoms with Crippen molar-refractivity contribution in [3.63, 3.8) is 0 Å². The molecule has 0 aliphatic carbocycles.